The van der Waals surface area contributed by atoms with Crippen molar-refractivity contribution in [3.63, 3.8) is 0 Å². The predicted molar refractivity (Wildman–Crippen MR) is 66.1 cm³/mol. The minimum atomic E-state index is -0.890. The van der Waals surface area contributed by atoms with E-state index in [0.29, 0.717) is 5.70 Å². The molecular weight excluding hydrogens is 216 g/mol. The molecule has 5 nitrogen and oxygen atoms in total. The van der Waals surface area contributed by atoms with E-state index in [2.05, 4.69) is 10.5 Å². The van der Waals surface area contributed by atoms with E-state index in [0.717, 1.165) is 11.3 Å². The Morgan fingerprint density at radius 1 is 1.41 bits per heavy atom. The van der Waals surface area contributed by atoms with E-state index in [-0.39, 0.29) is 0 Å². The van der Waals surface area contributed by atoms with Crippen LogP contribution in [-0.2, 0) is 0 Å². The number of pyridine rings is 1. The smallest absolute Gasteiger partial charge is 0.163 e. The summed E-state index contributed by atoms with van der Waals surface area (Å²) >= 11 is 0. The van der Waals surface area contributed by atoms with Crippen molar-refractivity contribution in [3.05, 3.63) is 65.4 Å². The van der Waals surface area contributed by atoms with Crippen molar-refractivity contribution in [2.45, 2.75) is 6.92 Å². The number of nitrogens with one attached hydrogen (secondary N) is 1. The Morgan fingerprint density at radius 2 is 2.24 bits per heavy atom. The van der Waals surface area contributed by atoms with Crippen molar-refractivity contribution in [1.82, 2.24) is 10.5 Å². The summed E-state index contributed by atoms with van der Waals surface area (Å²) in [7, 11) is 0. The van der Waals surface area contributed by atoms with E-state index in [9.17, 15) is 5.21 Å². The Bertz CT molecular complexity index is 492. The first-order chi connectivity index (χ1) is 8.17. The number of nitrogens with two attached hydrogens (primary N) is 1. The molecule has 1 unspecified atom stereocenters. The summed E-state index contributed by atoms with van der Waals surface area (Å²) in [4.78, 5) is 4.22. The van der Waals surface area contributed by atoms with Gasteiger partial charge in [-0.15, -0.1) is 0 Å². The molecule has 2 rings (SSSR count). The zero-order valence-corrected chi connectivity index (χ0v) is 9.50. The van der Waals surface area contributed by atoms with Crippen LogP contribution in [0.4, 0.5) is 0 Å². The van der Waals surface area contributed by atoms with E-state index >= 15 is 0 Å². The van der Waals surface area contributed by atoms with Gasteiger partial charge in [-0.25, -0.2) is 10.6 Å². The van der Waals surface area contributed by atoms with Gasteiger partial charge in [-0.05, 0) is 25.1 Å². The zero-order valence-electron chi connectivity index (χ0n) is 9.50. The Morgan fingerprint density at radius 3 is 2.88 bits per heavy atom. The molecule has 0 amide bonds. The molecule has 0 bridgehead atoms. The van der Waals surface area contributed by atoms with Gasteiger partial charge in [0.1, 0.15) is 6.20 Å². The Hall–Kier alpha value is -1.79. The van der Waals surface area contributed by atoms with Crippen LogP contribution in [-0.4, -0.2) is 9.74 Å². The largest absolute Gasteiger partial charge is 0.601 e. The molecule has 0 saturated carbocycles. The molecule has 2 heterocycles. The second-order valence-corrected chi connectivity index (χ2v) is 3.71. The molecule has 1 aliphatic heterocycles. The van der Waals surface area contributed by atoms with Gasteiger partial charge >= 0.3 is 0 Å². The molecule has 0 aromatic carbocycles. The minimum Gasteiger partial charge on any atom is -0.601 e. The van der Waals surface area contributed by atoms with Gasteiger partial charge in [0.15, 0.2) is 5.70 Å². The maximum absolute atomic E-state index is 12.3. The number of hydroxylamine groups is 2. The molecule has 0 radical (unpaired) electrons. The molecule has 17 heavy (non-hydrogen) atoms. The summed E-state index contributed by atoms with van der Waals surface area (Å²) in [5, 5.41) is 12.3. The average molecular weight is 230 g/mol. The van der Waals surface area contributed by atoms with Crippen LogP contribution in [0.25, 0.3) is 5.57 Å². The topological polar surface area (TPSA) is 74.0 Å². The number of allylic oxidation sites excluding steroid dienone is 4. The van der Waals surface area contributed by atoms with Gasteiger partial charge in [-0.1, -0.05) is 17.7 Å². The molecular formula is C12H14N4O. The van der Waals surface area contributed by atoms with Crippen LogP contribution in [0, 0.1) is 5.21 Å². The highest BCUT2D eigenvalue weighted by Crippen LogP contribution is 2.26. The molecule has 88 valence electrons. The summed E-state index contributed by atoms with van der Waals surface area (Å²) in [5.41, 5.74) is 4.31. The van der Waals surface area contributed by atoms with Gasteiger partial charge in [0.25, 0.3) is 0 Å². The normalized spacial score (nSPS) is 26.1. The van der Waals surface area contributed by atoms with Crippen LogP contribution in [0.15, 0.2) is 54.5 Å². The number of quaternary nitrogens is 1. The minimum absolute atomic E-state index is 0.522. The number of rotatable bonds is 2. The van der Waals surface area contributed by atoms with Crippen molar-refractivity contribution >= 4 is 5.57 Å². The highest BCUT2D eigenvalue weighted by atomic mass is 16.6. The molecule has 5 heteroatoms. The van der Waals surface area contributed by atoms with Gasteiger partial charge in [-0.2, -0.15) is 0 Å². The third kappa shape index (κ3) is 2.17. The number of aromatic nitrogens is 1. The molecule has 0 fully saturated rings. The summed E-state index contributed by atoms with van der Waals surface area (Å²) in [6.07, 6.45) is 8.31. The lowest BCUT2D eigenvalue weighted by Gasteiger charge is -2.38. The monoisotopic (exact) mass is 230 g/mol. The SMILES string of the molecule is C/C(=C1/C=CC=C[N+]1([O-])NN)c1ccccn1. The molecule has 3 N–H and O–H groups in total. The molecule has 0 aliphatic carbocycles. The van der Waals surface area contributed by atoms with Crippen molar-refractivity contribution in [2.75, 3.05) is 0 Å². The van der Waals surface area contributed by atoms with Gasteiger partial charge in [0, 0.05) is 17.8 Å². The van der Waals surface area contributed by atoms with E-state index in [1.165, 1.54) is 6.20 Å². The summed E-state index contributed by atoms with van der Waals surface area (Å²) in [5.74, 6) is 5.31. The van der Waals surface area contributed by atoms with Crippen LogP contribution < -0.4 is 11.4 Å². The average Bonchev–Trinajstić information content (AvgIpc) is 2.39. The third-order valence-electron chi connectivity index (χ3n) is 2.64. The first-order valence-electron chi connectivity index (χ1n) is 5.24. The number of hydrogen-bond acceptors (Lipinski definition) is 4. The summed E-state index contributed by atoms with van der Waals surface area (Å²) in [6.45, 7) is 1.85. The lowest BCUT2D eigenvalue weighted by atomic mass is 10.1. The van der Waals surface area contributed by atoms with Crippen molar-refractivity contribution in [2.24, 2.45) is 5.84 Å². The zero-order chi connectivity index (χ0) is 12.3. The standard InChI is InChI=1S/C12H14N4O/c1-10(11-6-2-4-8-14-11)12-7-3-5-9-16(12,17)15-13/h2-9,15H,13H2,1H3/b12-10+. The second-order valence-electron chi connectivity index (χ2n) is 3.71. The quantitative estimate of drug-likeness (QED) is 0.350. The van der Waals surface area contributed by atoms with E-state index < -0.39 is 4.76 Å². The maximum Gasteiger partial charge on any atom is 0.163 e. The third-order valence-corrected chi connectivity index (χ3v) is 2.64. The highest BCUT2D eigenvalue weighted by Gasteiger charge is 2.23. The van der Waals surface area contributed by atoms with Crippen LogP contribution in [0.1, 0.15) is 12.6 Å². The van der Waals surface area contributed by atoms with Crippen molar-refractivity contribution in [3.8, 4) is 0 Å². The van der Waals surface area contributed by atoms with Gasteiger partial charge < -0.3 is 5.21 Å². The Labute approximate surface area is 99.7 Å². The fourth-order valence-electron chi connectivity index (χ4n) is 1.71. The molecule has 1 atom stereocenters. The van der Waals surface area contributed by atoms with E-state index in [1.807, 2.05) is 25.1 Å². The lowest BCUT2D eigenvalue weighted by Crippen LogP contribution is -2.52. The summed E-state index contributed by atoms with van der Waals surface area (Å²) < 4.78 is -0.890. The molecule has 1 aliphatic rings. The van der Waals surface area contributed by atoms with Crippen molar-refractivity contribution < 1.29 is 4.76 Å². The molecule has 0 saturated heterocycles. The van der Waals surface area contributed by atoms with Crippen LogP contribution in [0.3, 0.4) is 0 Å². The second kappa shape index (κ2) is 4.60. The Kier molecular flexibility index (Phi) is 3.16. The molecule has 1 aromatic rings. The van der Waals surface area contributed by atoms with Crippen LogP contribution in [0.5, 0.6) is 0 Å². The first kappa shape index (κ1) is 11.7. The molecule has 0 spiro atoms. The van der Waals surface area contributed by atoms with Crippen LogP contribution in [0.2, 0.25) is 0 Å². The van der Waals surface area contributed by atoms with Gasteiger partial charge in [-0.3, -0.25) is 4.98 Å². The lowest BCUT2D eigenvalue weighted by molar-refractivity contribution is -0.836. The van der Waals surface area contributed by atoms with E-state index in [4.69, 9.17) is 5.84 Å². The predicted octanol–water partition coefficient (Wildman–Crippen LogP) is 1.59. The number of hydrazine groups is 1. The van der Waals surface area contributed by atoms with Gasteiger partial charge in [0.2, 0.25) is 0 Å². The number of hydrogen-bond donors (Lipinski definition) is 2. The Balaban J connectivity index is 2.51. The fraction of sp³-hybridized carbons (Fsp3) is 0.0833. The molecule has 1 aromatic heterocycles. The highest BCUT2D eigenvalue weighted by molar-refractivity contribution is 5.65. The number of nitrogens with zero attached hydrogens (tertiary/aromatic N) is 2. The van der Waals surface area contributed by atoms with Crippen molar-refractivity contribution in [1.29, 1.82) is 0 Å². The fourth-order valence-corrected chi connectivity index (χ4v) is 1.71. The maximum atomic E-state index is 12.3. The van der Waals surface area contributed by atoms with E-state index in [1.54, 1.807) is 24.4 Å². The van der Waals surface area contributed by atoms with Crippen LogP contribution >= 0.6 is 0 Å². The first-order valence-corrected chi connectivity index (χ1v) is 5.24. The summed E-state index contributed by atoms with van der Waals surface area (Å²) in [6, 6.07) is 5.57. The van der Waals surface area contributed by atoms with Gasteiger partial charge in [0.05, 0.1) is 5.69 Å².